The van der Waals surface area contributed by atoms with Gasteiger partial charge in [0.1, 0.15) is 0 Å². The van der Waals surface area contributed by atoms with Gasteiger partial charge in [-0.15, -0.1) is 0 Å². The standard InChI is InChI=1S/C15H16N2O2/c1-11-5-3-4-6-12(11)7-8-13(18)14-15(19-2)17-10-9-16-14/h3-6,9-10H,7-8H2,1-2H3. The molecular weight excluding hydrogens is 240 g/mol. The second-order valence-corrected chi connectivity index (χ2v) is 4.26. The van der Waals surface area contributed by atoms with Crippen molar-refractivity contribution in [2.24, 2.45) is 0 Å². The summed E-state index contributed by atoms with van der Waals surface area (Å²) in [4.78, 5) is 20.2. The smallest absolute Gasteiger partial charge is 0.243 e. The van der Waals surface area contributed by atoms with Crippen molar-refractivity contribution in [1.82, 2.24) is 9.97 Å². The summed E-state index contributed by atoms with van der Waals surface area (Å²) in [5, 5.41) is 0. The van der Waals surface area contributed by atoms with Crippen LogP contribution in [0, 0.1) is 6.92 Å². The number of carbonyl (C=O) groups is 1. The van der Waals surface area contributed by atoms with E-state index in [1.54, 1.807) is 0 Å². The number of aryl methyl sites for hydroxylation is 2. The molecule has 0 fully saturated rings. The third kappa shape index (κ3) is 3.16. The number of ketones is 1. The highest BCUT2D eigenvalue weighted by Crippen LogP contribution is 2.16. The number of hydrogen-bond acceptors (Lipinski definition) is 4. The fourth-order valence-corrected chi connectivity index (χ4v) is 1.92. The summed E-state index contributed by atoms with van der Waals surface area (Å²) >= 11 is 0. The first-order valence-electron chi connectivity index (χ1n) is 6.15. The van der Waals surface area contributed by atoms with Crippen LogP contribution in [0.2, 0.25) is 0 Å². The van der Waals surface area contributed by atoms with E-state index in [0.717, 1.165) is 0 Å². The predicted molar refractivity (Wildman–Crippen MR) is 72.4 cm³/mol. The van der Waals surface area contributed by atoms with Crippen molar-refractivity contribution in [3.63, 3.8) is 0 Å². The van der Waals surface area contributed by atoms with Gasteiger partial charge in [0.15, 0.2) is 11.5 Å². The van der Waals surface area contributed by atoms with Gasteiger partial charge in [-0.1, -0.05) is 24.3 Å². The zero-order valence-corrected chi connectivity index (χ0v) is 11.1. The predicted octanol–water partition coefficient (Wildman–Crippen LogP) is 2.61. The lowest BCUT2D eigenvalue weighted by Crippen LogP contribution is -2.07. The maximum absolute atomic E-state index is 12.1. The molecule has 0 saturated carbocycles. The van der Waals surface area contributed by atoms with E-state index >= 15 is 0 Å². The Morgan fingerprint density at radius 3 is 2.68 bits per heavy atom. The van der Waals surface area contributed by atoms with E-state index in [1.807, 2.05) is 31.2 Å². The minimum Gasteiger partial charge on any atom is -0.479 e. The number of nitrogens with zero attached hydrogens (tertiary/aromatic N) is 2. The summed E-state index contributed by atoms with van der Waals surface area (Å²) < 4.78 is 5.05. The largest absolute Gasteiger partial charge is 0.479 e. The molecule has 4 nitrogen and oxygen atoms in total. The number of Topliss-reactive ketones (excluding diaryl/α,β-unsaturated/α-hetero) is 1. The van der Waals surface area contributed by atoms with Gasteiger partial charge in [-0.2, -0.15) is 0 Å². The van der Waals surface area contributed by atoms with Crippen molar-refractivity contribution in [2.75, 3.05) is 7.11 Å². The number of rotatable bonds is 5. The highest BCUT2D eigenvalue weighted by molar-refractivity contribution is 5.96. The van der Waals surface area contributed by atoms with Gasteiger partial charge in [0.2, 0.25) is 5.88 Å². The normalized spacial score (nSPS) is 10.2. The minimum absolute atomic E-state index is 0.0480. The van der Waals surface area contributed by atoms with Gasteiger partial charge in [0.05, 0.1) is 7.11 Å². The Bertz CT molecular complexity index is 582. The molecule has 0 bridgehead atoms. The Hall–Kier alpha value is -2.23. The number of benzene rings is 1. The Kier molecular flexibility index (Phi) is 4.23. The van der Waals surface area contributed by atoms with Gasteiger partial charge >= 0.3 is 0 Å². The quantitative estimate of drug-likeness (QED) is 0.772. The van der Waals surface area contributed by atoms with E-state index in [4.69, 9.17) is 4.74 Å². The average Bonchev–Trinajstić information content (AvgIpc) is 2.46. The van der Waals surface area contributed by atoms with Gasteiger partial charge in [-0.3, -0.25) is 4.79 Å². The molecule has 0 N–H and O–H groups in total. The van der Waals surface area contributed by atoms with Crippen LogP contribution in [0.1, 0.15) is 28.0 Å². The molecule has 0 spiro atoms. The Balaban J connectivity index is 2.08. The second-order valence-electron chi connectivity index (χ2n) is 4.26. The van der Waals surface area contributed by atoms with E-state index in [1.165, 1.54) is 30.6 Å². The van der Waals surface area contributed by atoms with E-state index in [2.05, 4.69) is 9.97 Å². The maximum atomic E-state index is 12.1. The lowest BCUT2D eigenvalue weighted by atomic mass is 10.0. The molecule has 0 aliphatic carbocycles. The summed E-state index contributed by atoms with van der Waals surface area (Å²) in [6, 6.07) is 8.06. The number of hydrogen-bond donors (Lipinski definition) is 0. The SMILES string of the molecule is COc1nccnc1C(=O)CCc1ccccc1C. The van der Waals surface area contributed by atoms with Gasteiger partial charge in [0.25, 0.3) is 0 Å². The van der Waals surface area contributed by atoms with E-state index < -0.39 is 0 Å². The topological polar surface area (TPSA) is 52.1 Å². The van der Waals surface area contributed by atoms with Crippen molar-refractivity contribution in [2.45, 2.75) is 19.8 Å². The number of aromatic nitrogens is 2. The molecule has 0 atom stereocenters. The molecule has 0 unspecified atom stereocenters. The fourth-order valence-electron chi connectivity index (χ4n) is 1.92. The Morgan fingerprint density at radius 1 is 1.21 bits per heavy atom. The Labute approximate surface area is 112 Å². The average molecular weight is 256 g/mol. The highest BCUT2D eigenvalue weighted by atomic mass is 16.5. The molecule has 0 aliphatic rings. The van der Waals surface area contributed by atoms with Crippen LogP contribution in [-0.2, 0) is 6.42 Å². The molecule has 2 rings (SSSR count). The van der Waals surface area contributed by atoms with Crippen molar-refractivity contribution in [1.29, 1.82) is 0 Å². The second kappa shape index (κ2) is 6.09. The molecule has 2 aromatic rings. The summed E-state index contributed by atoms with van der Waals surface area (Å²) in [5.74, 6) is 0.241. The third-order valence-corrected chi connectivity index (χ3v) is 3.00. The van der Waals surface area contributed by atoms with E-state index in [0.29, 0.717) is 18.5 Å². The highest BCUT2D eigenvalue weighted by Gasteiger charge is 2.14. The van der Waals surface area contributed by atoms with Crippen molar-refractivity contribution in [3.8, 4) is 5.88 Å². The van der Waals surface area contributed by atoms with Crippen molar-refractivity contribution < 1.29 is 9.53 Å². The fraction of sp³-hybridized carbons (Fsp3) is 0.267. The lowest BCUT2D eigenvalue weighted by Gasteiger charge is -2.06. The number of methoxy groups -OCH3 is 1. The molecule has 0 saturated heterocycles. The molecule has 1 aromatic carbocycles. The Morgan fingerprint density at radius 2 is 1.95 bits per heavy atom. The van der Waals surface area contributed by atoms with Crippen LogP contribution in [0.15, 0.2) is 36.7 Å². The van der Waals surface area contributed by atoms with Crippen LogP contribution in [0.3, 0.4) is 0 Å². The molecule has 4 heteroatoms. The molecule has 98 valence electrons. The first-order valence-corrected chi connectivity index (χ1v) is 6.15. The summed E-state index contributed by atoms with van der Waals surface area (Å²) in [6.45, 7) is 2.04. The molecule has 0 amide bonds. The van der Waals surface area contributed by atoms with Gasteiger partial charge < -0.3 is 4.74 Å². The van der Waals surface area contributed by atoms with Crippen LogP contribution >= 0.6 is 0 Å². The number of ether oxygens (including phenoxy) is 1. The van der Waals surface area contributed by atoms with Crippen LogP contribution in [0.25, 0.3) is 0 Å². The van der Waals surface area contributed by atoms with Crippen molar-refractivity contribution in [3.05, 3.63) is 53.5 Å². The maximum Gasteiger partial charge on any atom is 0.243 e. The van der Waals surface area contributed by atoms with E-state index in [-0.39, 0.29) is 11.7 Å². The minimum atomic E-state index is -0.0480. The summed E-state index contributed by atoms with van der Waals surface area (Å²) in [7, 11) is 1.49. The van der Waals surface area contributed by atoms with Crippen LogP contribution < -0.4 is 4.74 Å². The first-order chi connectivity index (χ1) is 9.22. The zero-order chi connectivity index (χ0) is 13.7. The van der Waals surface area contributed by atoms with Crippen LogP contribution in [-0.4, -0.2) is 22.9 Å². The van der Waals surface area contributed by atoms with E-state index in [9.17, 15) is 4.79 Å². The molecule has 1 aromatic heterocycles. The monoisotopic (exact) mass is 256 g/mol. The van der Waals surface area contributed by atoms with Gasteiger partial charge in [0, 0.05) is 18.8 Å². The zero-order valence-electron chi connectivity index (χ0n) is 11.1. The molecule has 1 heterocycles. The van der Waals surface area contributed by atoms with Gasteiger partial charge in [-0.25, -0.2) is 9.97 Å². The molecular formula is C15H16N2O2. The van der Waals surface area contributed by atoms with Crippen LogP contribution in [0.5, 0.6) is 5.88 Å². The van der Waals surface area contributed by atoms with Gasteiger partial charge in [-0.05, 0) is 24.5 Å². The first kappa shape index (κ1) is 13.2. The number of carbonyl (C=O) groups excluding carboxylic acids is 1. The third-order valence-electron chi connectivity index (χ3n) is 3.00. The summed E-state index contributed by atoms with van der Waals surface area (Å²) in [5.41, 5.74) is 2.68. The van der Waals surface area contributed by atoms with Crippen molar-refractivity contribution >= 4 is 5.78 Å². The summed E-state index contributed by atoms with van der Waals surface area (Å²) in [6.07, 6.45) is 4.12. The molecule has 0 radical (unpaired) electrons. The lowest BCUT2D eigenvalue weighted by molar-refractivity contribution is 0.0974. The van der Waals surface area contributed by atoms with Crippen LogP contribution in [0.4, 0.5) is 0 Å². The molecule has 0 aliphatic heterocycles. The molecule has 19 heavy (non-hydrogen) atoms.